The predicted octanol–water partition coefficient (Wildman–Crippen LogP) is 3.94. The maximum absolute atomic E-state index is 13.1. The van der Waals surface area contributed by atoms with E-state index in [1.807, 2.05) is 6.92 Å². The molecule has 3 N–H and O–H groups in total. The minimum absolute atomic E-state index is 0.299. The summed E-state index contributed by atoms with van der Waals surface area (Å²) in [4.78, 5) is 9.04. The number of rotatable bonds is 7. The zero-order chi connectivity index (χ0) is 24.1. The zero-order valence-corrected chi connectivity index (χ0v) is 20.2. The maximum atomic E-state index is 13.1. The maximum Gasteiger partial charge on any atom is 0.243 e. The Morgan fingerprint density at radius 3 is 2.41 bits per heavy atom. The van der Waals surface area contributed by atoms with Crippen LogP contribution in [0.15, 0.2) is 59.5 Å². The Bertz CT molecular complexity index is 1260. The van der Waals surface area contributed by atoms with Crippen LogP contribution in [0.3, 0.4) is 0 Å². The highest BCUT2D eigenvalue weighted by Gasteiger charge is 2.26. The second kappa shape index (κ2) is 10.4. The fourth-order valence-electron chi connectivity index (χ4n) is 3.55. The number of hydrogen-bond donors (Lipinski definition) is 3. The lowest BCUT2D eigenvalue weighted by Gasteiger charge is -2.16. The summed E-state index contributed by atoms with van der Waals surface area (Å²) in [6.07, 6.45) is 1.81. The van der Waals surface area contributed by atoms with Gasteiger partial charge in [0.2, 0.25) is 16.0 Å². The van der Waals surface area contributed by atoms with Crippen molar-refractivity contribution in [3.8, 4) is 0 Å². The molecule has 2 aromatic carbocycles. The van der Waals surface area contributed by atoms with E-state index in [4.69, 9.17) is 12.2 Å². The van der Waals surface area contributed by atoms with Gasteiger partial charge < -0.3 is 16.0 Å². The lowest BCUT2D eigenvalue weighted by Crippen LogP contribution is -2.29. The Balaban J connectivity index is 1.34. The average Bonchev–Trinajstić information content (AvgIpc) is 3.35. The van der Waals surface area contributed by atoms with Gasteiger partial charge >= 0.3 is 0 Å². The van der Waals surface area contributed by atoms with E-state index in [1.165, 1.54) is 16.4 Å². The fourth-order valence-corrected chi connectivity index (χ4v) is 5.24. The van der Waals surface area contributed by atoms with Crippen molar-refractivity contribution in [2.24, 2.45) is 0 Å². The third-order valence-corrected chi connectivity index (χ3v) is 7.43. The molecule has 34 heavy (non-hydrogen) atoms. The minimum Gasteiger partial charge on any atom is -0.358 e. The van der Waals surface area contributed by atoms with E-state index >= 15 is 0 Å². The van der Waals surface area contributed by atoms with Crippen molar-refractivity contribution in [1.82, 2.24) is 19.6 Å². The zero-order valence-electron chi connectivity index (χ0n) is 18.6. The van der Waals surface area contributed by atoms with Crippen LogP contribution in [0.1, 0.15) is 24.1 Å². The highest BCUT2D eigenvalue weighted by atomic mass is 32.2. The van der Waals surface area contributed by atoms with Crippen LogP contribution in [-0.2, 0) is 16.6 Å². The predicted molar refractivity (Wildman–Crippen MR) is 134 cm³/mol. The molecule has 1 aliphatic heterocycles. The molecule has 1 fully saturated rings. The summed E-state index contributed by atoms with van der Waals surface area (Å²) in [5.41, 5.74) is 2.30. The van der Waals surface area contributed by atoms with Crippen molar-refractivity contribution in [2.75, 3.05) is 23.7 Å². The number of aromatic nitrogens is 2. The largest absolute Gasteiger partial charge is 0.358 e. The molecule has 1 aromatic heterocycles. The first-order chi connectivity index (χ1) is 16.3. The topological polar surface area (TPSA) is 99.2 Å². The van der Waals surface area contributed by atoms with Gasteiger partial charge in [-0.05, 0) is 73.9 Å². The number of thiocarbonyl (C=S) groups is 1. The molecule has 1 saturated heterocycles. The number of nitrogens with zero attached hydrogens (tertiary/aromatic N) is 3. The van der Waals surface area contributed by atoms with Crippen LogP contribution in [0.5, 0.6) is 0 Å². The summed E-state index contributed by atoms with van der Waals surface area (Å²) in [6, 6.07) is 14.5. The van der Waals surface area contributed by atoms with Gasteiger partial charge in [0.1, 0.15) is 11.6 Å². The minimum atomic E-state index is -3.43. The standard InChI is InChI=1S/C23H25FN6O2S2/c1-16-14-21(27-19-8-6-18(24)7-9-19)28-22(26-16)29-23(33)25-15-17-4-10-20(11-5-17)34(31,32)30-12-2-3-13-30/h4-11,14H,2-3,12-13,15H2,1H3,(H3,25,26,27,28,29,33). The summed E-state index contributed by atoms with van der Waals surface area (Å²) in [7, 11) is -3.43. The molecule has 0 unspecified atom stereocenters. The summed E-state index contributed by atoms with van der Waals surface area (Å²) in [6.45, 7) is 3.39. The highest BCUT2D eigenvalue weighted by Crippen LogP contribution is 2.21. The molecule has 0 aliphatic carbocycles. The average molecular weight is 501 g/mol. The number of anilines is 3. The Kier molecular flexibility index (Phi) is 7.35. The molecule has 178 valence electrons. The van der Waals surface area contributed by atoms with Crippen LogP contribution >= 0.6 is 12.2 Å². The smallest absolute Gasteiger partial charge is 0.243 e. The molecule has 11 heteroatoms. The number of nitrogens with one attached hydrogen (secondary N) is 3. The molecular weight excluding hydrogens is 475 g/mol. The summed E-state index contributed by atoms with van der Waals surface area (Å²) in [5.74, 6) is 0.541. The van der Waals surface area contributed by atoms with Crippen molar-refractivity contribution in [3.05, 3.63) is 71.7 Å². The molecule has 8 nitrogen and oxygen atoms in total. The molecule has 0 atom stereocenters. The van der Waals surface area contributed by atoms with Gasteiger partial charge in [0.05, 0.1) is 4.90 Å². The summed E-state index contributed by atoms with van der Waals surface area (Å²) >= 11 is 5.36. The number of aryl methyl sites for hydroxylation is 1. The Morgan fingerprint density at radius 2 is 1.74 bits per heavy atom. The van der Waals surface area contributed by atoms with Gasteiger partial charge in [-0.1, -0.05) is 12.1 Å². The molecule has 0 spiro atoms. The Morgan fingerprint density at radius 1 is 1.06 bits per heavy atom. The van der Waals surface area contributed by atoms with Gasteiger partial charge in [-0.15, -0.1) is 0 Å². The summed E-state index contributed by atoms with van der Waals surface area (Å²) in [5, 5.41) is 9.46. The van der Waals surface area contributed by atoms with E-state index in [0.29, 0.717) is 47.1 Å². The van der Waals surface area contributed by atoms with Gasteiger partial charge in [-0.2, -0.15) is 9.29 Å². The molecule has 1 aliphatic rings. The van der Waals surface area contributed by atoms with Crippen LogP contribution in [0.25, 0.3) is 0 Å². The van der Waals surface area contributed by atoms with Gasteiger partial charge in [0.25, 0.3) is 0 Å². The van der Waals surface area contributed by atoms with Crippen LogP contribution in [0, 0.1) is 12.7 Å². The van der Waals surface area contributed by atoms with Crippen molar-refractivity contribution in [2.45, 2.75) is 31.2 Å². The Hall–Kier alpha value is -3.15. The molecule has 4 rings (SSSR count). The van der Waals surface area contributed by atoms with Crippen molar-refractivity contribution in [1.29, 1.82) is 0 Å². The van der Waals surface area contributed by atoms with Crippen LogP contribution in [0.2, 0.25) is 0 Å². The van der Waals surface area contributed by atoms with E-state index in [-0.39, 0.29) is 5.82 Å². The monoisotopic (exact) mass is 500 g/mol. The van der Waals surface area contributed by atoms with Crippen LogP contribution < -0.4 is 16.0 Å². The second-order valence-electron chi connectivity index (χ2n) is 7.91. The molecule has 0 saturated carbocycles. The molecule has 2 heterocycles. The van der Waals surface area contributed by atoms with E-state index in [1.54, 1.807) is 42.5 Å². The van der Waals surface area contributed by atoms with Crippen molar-refractivity contribution >= 4 is 44.8 Å². The first-order valence-corrected chi connectivity index (χ1v) is 12.7. The van der Waals surface area contributed by atoms with Gasteiger partial charge in [-0.25, -0.2) is 17.8 Å². The molecular formula is C23H25FN6O2S2. The second-order valence-corrected chi connectivity index (χ2v) is 10.3. The number of sulfonamides is 1. The normalized spacial score (nSPS) is 14.1. The fraction of sp³-hybridized carbons (Fsp3) is 0.261. The lowest BCUT2D eigenvalue weighted by atomic mass is 10.2. The first kappa shape index (κ1) is 24.0. The highest BCUT2D eigenvalue weighted by molar-refractivity contribution is 7.89. The third-order valence-electron chi connectivity index (χ3n) is 5.28. The molecule has 3 aromatic rings. The van der Waals surface area contributed by atoms with E-state index < -0.39 is 10.0 Å². The number of hydrogen-bond acceptors (Lipinski definition) is 6. The van der Waals surface area contributed by atoms with Crippen LogP contribution in [0.4, 0.5) is 21.8 Å². The molecule has 0 bridgehead atoms. The van der Waals surface area contributed by atoms with Gasteiger partial charge in [0.15, 0.2) is 5.11 Å². The summed E-state index contributed by atoms with van der Waals surface area (Å²) < 4.78 is 39.9. The third kappa shape index (κ3) is 6.04. The SMILES string of the molecule is Cc1cc(Nc2ccc(F)cc2)nc(NC(=S)NCc2ccc(S(=O)(=O)N3CCCC3)cc2)n1. The Labute approximate surface area is 203 Å². The quantitative estimate of drug-likeness (QED) is 0.420. The van der Waals surface area contributed by atoms with E-state index in [2.05, 4.69) is 25.9 Å². The molecule has 0 amide bonds. The number of benzene rings is 2. The van der Waals surface area contributed by atoms with Gasteiger partial charge in [0, 0.05) is 37.1 Å². The van der Waals surface area contributed by atoms with Gasteiger partial charge in [-0.3, -0.25) is 0 Å². The number of halogens is 1. The van der Waals surface area contributed by atoms with Crippen molar-refractivity contribution < 1.29 is 12.8 Å². The lowest BCUT2D eigenvalue weighted by molar-refractivity contribution is 0.477. The first-order valence-electron chi connectivity index (χ1n) is 10.8. The van der Waals surface area contributed by atoms with E-state index in [0.717, 1.165) is 24.1 Å². The van der Waals surface area contributed by atoms with E-state index in [9.17, 15) is 12.8 Å². The molecule has 0 radical (unpaired) electrons. The van der Waals surface area contributed by atoms with Crippen LogP contribution in [-0.4, -0.2) is 40.9 Å². The van der Waals surface area contributed by atoms with Crippen molar-refractivity contribution in [3.63, 3.8) is 0 Å².